The Morgan fingerprint density at radius 2 is 2.00 bits per heavy atom. The van der Waals surface area contributed by atoms with Crippen LogP contribution in [0.1, 0.15) is 36.4 Å². The molecule has 1 aliphatic rings. The predicted octanol–water partition coefficient (Wildman–Crippen LogP) is 3.27. The van der Waals surface area contributed by atoms with Crippen LogP contribution in [-0.2, 0) is 9.59 Å². The number of halogens is 2. The molecule has 2 atom stereocenters. The zero-order chi connectivity index (χ0) is 17.3. The van der Waals surface area contributed by atoms with Crippen molar-refractivity contribution in [2.24, 2.45) is 0 Å². The Hall–Kier alpha value is -2.76. The fraction of sp³-hybridized carbons (Fsp3) is 0.222. The number of nitrogens with one attached hydrogen (secondary N) is 2. The largest absolute Gasteiger partial charge is 0.349 e. The van der Waals surface area contributed by atoms with Crippen molar-refractivity contribution >= 4 is 17.5 Å². The van der Waals surface area contributed by atoms with E-state index in [9.17, 15) is 18.4 Å². The first-order chi connectivity index (χ1) is 11.5. The van der Waals surface area contributed by atoms with Crippen LogP contribution in [0.4, 0.5) is 14.5 Å². The van der Waals surface area contributed by atoms with Crippen LogP contribution in [0, 0.1) is 11.6 Å². The molecule has 2 amide bonds. The Bertz CT molecular complexity index is 807. The van der Waals surface area contributed by atoms with Crippen LogP contribution in [-0.4, -0.2) is 11.8 Å². The third kappa shape index (κ3) is 3.13. The Kier molecular flexibility index (Phi) is 4.29. The number of hydrogen-bond acceptors (Lipinski definition) is 2. The summed E-state index contributed by atoms with van der Waals surface area (Å²) in [5, 5.41) is 5.29. The molecule has 0 bridgehead atoms. The molecule has 6 heteroatoms. The monoisotopic (exact) mass is 330 g/mol. The molecule has 0 saturated heterocycles. The molecule has 4 nitrogen and oxygen atoms in total. The molecule has 2 aromatic rings. The summed E-state index contributed by atoms with van der Waals surface area (Å²) >= 11 is 0. The highest BCUT2D eigenvalue weighted by Crippen LogP contribution is 2.33. The van der Waals surface area contributed by atoms with Crippen LogP contribution in [0.3, 0.4) is 0 Å². The summed E-state index contributed by atoms with van der Waals surface area (Å²) in [6.07, 6.45) is -0.0333. The Labute approximate surface area is 137 Å². The maximum atomic E-state index is 13.8. The molecule has 0 aromatic heterocycles. The summed E-state index contributed by atoms with van der Waals surface area (Å²) in [4.78, 5) is 24.4. The summed E-state index contributed by atoms with van der Waals surface area (Å²) in [6.45, 7) is 1.67. The van der Waals surface area contributed by atoms with Gasteiger partial charge in [0, 0.05) is 17.7 Å². The zero-order valence-electron chi connectivity index (χ0n) is 13.0. The van der Waals surface area contributed by atoms with E-state index in [1.165, 1.54) is 24.3 Å². The molecule has 1 heterocycles. The molecular formula is C18H16F2N2O2. The molecule has 2 N–H and O–H groups in total. The van der Waals surface area contributed by atoms with Gasteiger partial charge < -0.3 is 10.6 Å². The number of carbonyl (C=O) groups is 2. The highest BCUT2D eigenvalue weighted by molar-refractivity contribution is 6.01. The number of hydrogen-bond donors (Lipinski definition) is 2. The summed E-state index contributed by atoms with van der Waals surface area (Å²) in [5.41, 5.74) is 1.21. The smallest absolute Gasteiger partial charge is 0.228 e. The standard InChI is InChI=1S/C18H16F2N2O2/c1-10(12-4-2-3-5-15(12)20)21-18(24)14-9-17(23)22-16-8-11(19)6-7-13(14)16/h2-8,10,14H,9H2,1H3,(H,21,24)(H,22,23)/t10-,14+/m1/s1. The fourth-order valence-electron chi connectivity index (χ4n) is 2.89. The van der Waals surface area contributed by atoms with E-state index in [1.54, 1.807) is 25.1 Å². The van der Waals surface area contributed by atoms with E-state index in [2.05, 4.69) is 10.6 Å². The van der Waals surface area contributed by atoms with Gasteiger partial charge in [0.05, 0.1) is 12.0 Å². The molecule has 3 rings (SSSR count). The highest BCUT2D eigenvalue weighted by atomic mass is 19.1. The zero-order valence-corrected chi connectivity index (χ0v) is 13.0. The van der Waals surface area contributed by atoms with Gasteiger partial charge in [-0.1, -0.05) is 24.3 Å². The van der Waals surface area contributed by atoms with Crippen molar-refractivity contribution in [1.82, 2.24) is 5.32 Å². The number of carbonyl (C=O) groups excluding carboxylic acids is 2. The van der Waals surface area contributed by atoms with Crippen LogP contribution in [0.2, 0.25) is 0 Å². The lowest BCUT2D eigenvalue weighted by Gasteiger charge is -2.26. The van der Waals surface area contributed by atoms with Gasteiger partial charge in [0.2, 0.25) is 11.8 Å². The quantitative estimate of drug-likeness (QED) is 0.907. The topological polar surface area (TPSA) is 58.2 Å². The summed E-state index contributed by atoms with van der Waals surface area (Å²) in [6, 6.07) is 9.55. The maximum absolute atomic E-state index is 13.8. The minimum atomic E-state index is -0.733. The Morgan fingerprint density at radius 1 is 1.25 bits per heavy atom. The van der Waals surface area contributed by atoms with E-state index in [-0.39, 0.29) is 12.3 Å². The van der Waals surface area contributed by atoms with Crippen LogP contribution < -0.4 is 10.6 Å². The lowest BCUT2D eigenvalue weighted by molar-refractivity contribution is -0.126. The minimum absolute atomic E-state index is 0.0333. The molecule has 0 spiro atoms. The molecule has 0 unspecified atom stereocenters. The van der Waals surface area contributed by atoms with Gasteiger partial charge in [-0.3, -0.25) is 9.59 Å². The van der Waals surface area contributed by atoms with Gasteiger partial charge >= 0.3 is 0 Å². The molecule has 0 aliphatic carbocycles. The second kappa shape index (κ2) is 6.39. The van der Waals surface area contributed by atoms with E-state index in [0.29, 0.717) is 16.8 Å². The van der Waals surface area contributed by atoms with Gasteiger partial charge in [-0.2, -0.15) is 0 Å². The second-order valence-electron chi connectivity index (χ2n) is 5.79. The van der Waals surface area contributed by atoms with Crippen LogP contribution in [0.5, 0.6) is 0 Å². The van der Waals surface area contributed by atoms with Gasteiger partial charge in [0.25, 0.3) is 0 Å². The first-order valence-corrected chi connectivity index (χ1v) is 7.60. The maximum Gasteiger partial charge on any atom is 0.228 e. The van der Waals surface area contributed by atoms with Crippen molar-refractivity contribution in [3.63, 3.8) is 0 Å². The summed E-state index contributed by atoms with van der Waals surface area (Å²) < 4.78 is 27.2. The van der Waals surface area contributed by atoms with Crippen molar-refractivity contribution < 1.29 is 18.4 Å². The lowest BCUT2D eigenvalue weighted by Crippen LogP contribution is -2.36. The number of rotatable bonds is 3. The number of anilines is 1. The predicted molar refractivity (Wildman–Crippen MR) is 85.3 cm³/mol. The van der Waals surface area contributed by atoms with Gasteiger partial charge in [0.1, 0.15) is 11.6 Å². The molecule has 1 aliphatic heterocycles. The van der Waals surface area contributed by atoms with Crippen molar-refractivity contribution in [1.29, 1.82) is 0 Å². The molecular weight excluding hydrogens is 314 g/mol. The minimum Gasteiger partial charge on any atom is -0.349 e. The molecule has 124 valence electrons. The molecule has 0 radical (unpaired) electrons. The van der Waals surface area contributed by atoms with Crippen LogP contribution in [0.15, 0.2) is 42.5 Å². The normalized spacial score (nSPS) is 17.6. The van der Waals surface area contributed by atoms with E-state index < -0.39 is 29.5 Å². The molecule has 24 heavy (non-hydrogen) atoms. The van der Waals surface area contributed by atoms with E-state index in [4.69, 9.17) is 0 Å². The second-order valence-corrected chi connectivity index (χ2v) is 5.79. The lowest BCUT2D eigenvalue weighted by atomic mass is 9.89. The summed E-state index contributed by atoms with van der Waals surface area (Å²) in [5.74, 6) is -2.38. The number of benzene rings is 2. The first kappa shape index (κ1) is 16.1. The Morgan fingerprint density at radius 3 is 2.75 bits per heavy atom. The highest BCUT2D eigenvalue weighted by Gasteiger charge is 2.31. The van der Waals surface area contributed by atoms with Crippen molar-refractivity contribution in [3.05, 3.63) is 65.2 Å². The van der Waals surface area contributed by atoms with Gasteiger partial charge in [0.15, 0.2) is 0 Å². The van der Waals surface area contributed by atoms with Gasteiger partial charge in [-0.25, -0.2) is 8.78 Å². The van der Waals surface area contributed by atoms with E-state index in [1.807, 2.05) is 0 Å². The SMILES string of the molecule is C[C@@H](NC(=O)[C@H]1CC(=O)Nc2cc(F)ccc21)c1ccccc1F. The average molecular weight is 330 g/mol. The third-order valence-corrected chi connectivity index (χ3v) is 4.10. The number of fused-ring (bicyclic) bond motifs is 1. The Balaban J connectivity index is 1.83. The van der Waals surface area contributed by atoms with Crippen LogP contribution >= 0.6 is 0 Å². The van der Waals surface area contributed by atoms with Gasteiger partial charge in [-0.05, 0) is 30.7 Å². The van der Waals surface area contributed by atoms with Gasteiger partial charge in [-0.15, -0.1) is 0 Å². The van der Waals surface area contributed by atoms with Crippen molar-refractivity contribution in [3.8, 4) is 0 Å². The van der Waals surface area contributed by atoms with E-state index >= 15 is 0 Å². The van der Waals surface area contributed by atoms with Crippen molar-refractivity contribution in [2.45, 2.75) is 25.3 Å². The number of amides is 2. The molecule has 0 saturated carbocycles. The van der Waals surface area contributed by atoms with E-state index in [0.717, 1.165) is 0 Å². The first-order valence-electron chi connectivity index (χ1n) is 7.60. The van der Waals surface area contributed by atoms with Crippen molar-refractivity contribution in [2.75, 3.05) is 5.32 Å². The molecule has 0 fully saturated rings. The third-order valence-electron chi connectivity index (χ3n) is 4.10. The van der Waals surface area contributed by atoms with Crippen LogP contribution in [0.25, 0.3) is 0 Å². The molecule has 2 aromatic carbocycles. The summed E-state index contributed by atoms with van der Waals surface area (Å²) in [7, 11) is 0. The average Bonchev–Trinajstić information content (AvgIpc) is 2.53. The fourth-order valence-corrected chi connectivity index (χ4v) is 2.89.